The van der Waals surface area contributed by atoms with Crippen molar-refractivity contribution in [2.24, 2.45) is 0 Å². The molecule has 2 aromatic rings. The van der Waals surface area contributed by atoms with Crippen LogP contribution in [0.2, 0.25) is 15.1 Å². The molecule has 0 saturated heterocycles. The Labute approximate surface area is 198 Å². The van der Waals surface area contributed by atoms with E-state index < -0.39 is 6.04 Å². The van der Waals surface area contributed by atoms with Crippen LogP contribution in [0, 0.1) is 0 Å². The molecule has 1 saturated carbocycles. The maximum absolute atomic E-state index is 13.5. The summed E-state index contributed by atoms with van der Waals surface area (Å²) in [5.74, 6) is -0.344. The zero-order valence-electron chi connectivity index (χ0n) is 17.5. The van der Waals surface area contributed by atoms with Crippen molar-refractivity contribution in [2.75, 3.05) is 0 Å². The number of carbonyl (C=O) groups excluding carboxylic acids is 2. The van der Waals surface area contributed by atoms with E-state index in [2.05, 4.69) is 5.32 Å². The summed E-state index contributed by atoms with van der Waals surface area (Å²) in [5, 5.41) is 4.56. The highest BCUT2D eigenvalue weighted by Crippen LogP contribution is 2.27. The smallest absolute Gasteiger partial charge is 0.243 e. The minimum Gasteiger partial charge on any atom is -0.352 e. The molecule has 31 heavy (non-hydrogen) atoms. The van der Waals surface area contributed by atoms with Crippen LogP contribution in [0.5, 0.6) is 0 Å². The number of rotatable bonds is 8. The van der Waals surface area contributed by atoms with Crippen LogP contribution in [0.3, 0.4) is 0 Å². The van der Waals surface area contributed by atoms with Crippen molar-refractivity contribution in [3.63, 3.8) is 0 Å². The summed E-state index contributed by atoms with van der Waals surface area (Å²) in [7, 11) is 0. The number of nitrogens with zero attached hydrogens (tertiary/aromatic N) is 1. The predicted octanol–water partition coefficient (Wildman–Crippen LogP) is 6.06. The molecule has 1 atom stereocenters. The fourth-order valence-corrected chi connectivity index (χ4v) is 4.78. The molecule has 0 radical (unpaired) electrons. The van der Waals surface area contributed by atoms with E-state index in [0.717, 1.165) is 31.2 Å². The lowest BCUT2D eigenvalue weighted by Crippen LogP contribution is -2.51. The van der Waals surface area contributed by atoms with Crippen molar-refractivity contribution in [2.45, 2.75) is 64.1 Å². The van der Waals surface area contributed by atoms with E-state index >= 15 is 0 Å². The maximum atomic E-state index is 13.5. The molecular weight excluding hydrogens is 455 g/mol. The molecule has 0 heterocycles. The average Bonchev–Trinajstić information content (AvgIpc) is 3.25. The lowest BCUT2D eigenvalue weighted by atomic mass is 10.1. The molecular formula is C24H27Cl3N2O2. The summed E-state index contributed by atoms with van der Waals surface area (Å²) >= 11 is 19.0. The van der Waals surface area contributed by atoms with Crippen LogP contribution in [0.1, 0.15) is 50.2 Å². The van der Waals surface area contributed by atoms with Gasteiger partial charge in [0.1, 0.15) is 6.04 Å². The van der Waals surface area contributed by atoms with Crippen molar-refractivity contribution in [3.05, 3.63) is 68.7 Å². The fourth-order valence-electron chi connectivity index (χ4n) is 4.05. The zero-order chi connectivity index (χ0) is 22.4. The Morgan fingerprint density at radius 3 is 2.23 bits per heavy atom. The van der Waals surface area contributed by atoms with Crippen LogP contribution in [-0.2, 0) is 22.6 Å². The highest BCUT2D eigenvalue weighted by Gasteiger charge is 2.31. The topological polar surface area (TPSA) is 49.4 Å². The van der Waals surface area contributed by atoms with Crippen LogP contribution in [0.4, 0.5) is 0 Å². The minimum absolute atomic E-state index is 0.0101. The van der Waals surface area contributed by atoms with Crippen molar-refractivity contribution < 1.29 is 9.59 Å². The quantitative estimate of drug-likeness (QED) is 0.498. The molecule has 2 aromatic carbocycles. The van der Waals surface area contributed by atoms with Crippen molar-refractivity contribution in [1.29, 1.82) is 0 Å². The lowest BCUT2D eigenvalue weighted by molar-refractivity contribution is -0.141. The van der Waals surface area contributed by atoms with Crippen LogP contribution in [0.25, 0.3) is 0 Å². The first-order valence-electron chi connectivity index (χ1n) is 10.7. The Hall–Kier alpha value is -1.75. The van der Waals surface area contributed by atoms with Gasteiger partial charge in [-0.3, -0.25) is 9.59 Å². The van der Waals surface area contributed by atoms with Crippen LogP contribution in [0.15, 0.2) is 42.5 Å². The van der Waals surface area contributed by atoms with Crippen LogP contribution >= 0.6 is 34.8 Å². The first-order chi connectivity index (χ1) is 14.9. The van der Waals surface area contributed by atoms with Crippen molar-refractivity contribution in [3.8, 4) is 0 Å². The molecule has 0 unspecified atom stereocenters. The summed E-state index contributed by atoms with van der Waals surface area (Å²) in [4.78, 5) is 28.2. The summed E-state index contributed by atoms with van der Waals surface area (Å²) in [6.07, 6.45) is 4.71. The number of hydrogen-bond acceptors (Lipinski definition) is 2. The Bertz CT molecular complexity index is 909. The number of hydrogen-bond donors (Lipinski definition) is 1. The third-order valence-electron chi connectivity index (χ3n) is 5.78. The monoisotopic (exact) mass is 480 g/mol. The highest BCUT2D eigenvalue weighted by atomic mass is 35.5. The van der Waals surface area contributed by atoms with Crippen molar-refractivity contribution in [1.82, 2.24) is 10.2 Å². The van der Waals surface area contributed by atoms with E-state index in [1.807, 2.05) is 25.1 Å². The van der Waals surface area contributed by atoms with E-state index in [-0.39, 0.29) is 30.8 Å². The predicted molar refractivity (Wildman–Crippen MR) is 127 cm³/mol. The highest BCUT2D eigenvalue weighted by molar-refractivity contribution is 6.36. The molecule has 1 aliphatic carbocycles. The minimum atomic E-state index is -0.606. The second-order valence-electron chi connectivity index (χ2n) is 7.90. The zero-order valence-corrected chi connectivity index (χ0v) is 19.8. The second-order valence-corrected chi connectivity index (χ2v) is 9.13. The first kappa shape index (κ1) is 23.9. The molecule has 0 spiro atoms. The molecule has 0 bridgehead atoms. The van der Waals surface area contributed by atoms with Gasteiger partial charge in [-0.2, -0.15) is 0 Å². The van der Waals surface area contributed by atoms with Crippen LogP contribution < -0.4 is 5.32 Å². The summed E-state index contributed by atoms with van der Waals surface area (Å²) in [6.45, 7) is 2.14. The molecule has 4 nitrogen and oxygen atoms in total. The summed E-state index contributed by atoms with van der Waals surface area (Å²) in [6, 6.07) is 12.1. The van der Waals surface area contributed by atoms with Gasteiger partial charge in [-0.05, 0) is 48.6 Å². The lowest BCUT2D eigenvalue weighted by Gasteiger charge is -2.32. The van der Waals surface area contributed by atoms with E-state index in [1.165, 1.54) is 0 Å². The Morgan fingerprint density at radius 2 is 1.61 bits per heavy atom. The molecule has 3 rings (SSSR count). The van der Waals surface area contributed by atoms with Gasteiger partial charge in [0.15, 0.2) is 0 Å². The molecule has 1 aliphatic rings. The normalized spacial score (nSPS) is 15.0. The van der Waals surface area contributed by atoms with E-state index in [1.54, 1.807) is 29.2 Å². The maximum Gasteiger partial charge on any atom is 0.243 e. The first-order valence-corrected chi connectivity index (χ1v) is 11.8. The van der Waals surface area contributed by atoms with Gasteiger partial charge in [0, 0.05) is 27.7 Å². The number of carbonyl (C=O) groups is 2. The standard InChI is InChI=1S/C24H27Cl3N2O2/c1-2-22(24(31)28-17-9-4-5-10-17)29(15-16-8-3-6-11-19(16)25)23(30)14-18-20(26)12-7-13-21(18)27/h3,6-8,11-13,17,22H,2,4-5,9-10,14-15H2,1H3,(H,28,31)/t22-/m0/s1. The number of nitrogens with one attached hydrogen (secondary N) is 1. The van der Waals surface area contributed by atoms with Gasteiger partial charge in [0.05, 0.1) is 6.42 Å². The van der Waals surface area contributed by atoms with E-state index in [0.29, 0.717) is 27.1 Å². The van der Waals surface area contributed by atoms with E-state index in [9.17, 15) is 9.59 Å². The largest absolute Gasteiger partial charge is 0.352 e. The summed E-state index contributed by atoms with van der Waals surface area (Å²) in [5.41, 5.74) is 1.35. The van der Waals surface area contributed by atoms with E-state index in [4.69, 9.17) is 34.8 Å². The Morgan fingerprint density at radius 1 is 1.00 bits per heavy atom. The van der Waals surface area contributed by atoms with Crippen LogP contribution in [-0.4, -0.2) is 28.8 Å². The molecule has 1 fully saturated rings. The molecule has 7 heteroatoms. The molecule has 0 aliphatic heterocycles. The van der Waals surface area contributed by atoms with Gasteiger partial charge in [-0.1, -0.05) is 78.8 Å². The number of amides is 2. The summed E-state index contributed by atoms with van der Waals surface area (Å²) < 4.78 is 0. The van der Waals surface area contributed by atoms with Gasteiger partial charge in [0.25, 0.3) is 0 Å². The Balaban J connectivity index is 1.87. The average molecular weight is 482 g/mol. The van der Waals surface area contributed by atoms with Gasteiger partial charge >= 0.3 is 0 Å². The van der Waals surface area contributed by atoms with Gasteiger partial charge in [-0.25, -0.2) is 0 Å². The molecule has 2 amide bonds. The van der Waals surface area contributed by atoms with Gasteiger partial charge in [-0.15, -0.1) is 0 Å². The number of benzene rings is 2. The molecule has 0 aromatic heterocycles. The molecule has 1 N–H and O–H groups in total. The fraction of sp³-hybridized carbons (Fsp3) is 0.417. The molecule has 166 valence electrons. The van der Waals surface area contributed by atoms with Crippen molar-refractivity contribution >= 4 is 46.6 Å². The van der Waals surface area contributed by atoms with Gasteiger partial charge < -0.3 is 10.2 Å². The Kier molecular flexibility index (Phi) is 8.65. The SMILES string of the molecule is CC[C@@H](C(=O)NC1CCCC1)N(Cc1ccccc1Cl)C(=O)Cc1c(Cl)cccc1Cl. The third-order valence-corrected chi connectivity index (χ3v) is 6.85. The number of halogens is 3. The van der Waals surface area contributed by atoms with Gasteiger partial charge in [0.2, 0.25) is 11.8 Å². The second kappa shape index (κ2) is 11.2. The third kappa shape index (κ3) is 6.15.